The summed E-state index contributed by atoms with van der Waals surface area (Å²) in [5.41, 5.74) is 5.22. The van der Waals surface area contributed by atoms with Gasteiger partial charge in [0.1, 0.15) is 5.82 Å². The largest absolute Gasteiger partial charge is 0.373 e. The van der Waals surface area contributed by atoms with Crippen LogP contribution < -0.4 is 10.2 Å². The minimum Gasteiger partial charge on any atom is -0.373 e. The van der Waals surface area contributed by atoms with Gasteiger partial charge in [-0.1, -0.05) is 18.2 Å². The Morgan fingerprint density at radius 1 is 1.32 bits per heavy atom. The number of aryl methyl sites for hydroxylation is 2. The van der Waals surface area contributed by atoms with Crippen molar-refractivity contribution >= 4 is 11.5 Å². The highest BCUT2D eigenvalue weighted by atomic mass is 15.3. The van der Waals surface area contributed by atoms with E-state index in [4.69, 9.17) is 0 Å². The Morgan fingerprint density at radius 2 is 2.11 bits per heavy atom. The van der Waals surface area contributed by atoms with E-state index in [2.05, 4.69) is 46.5 Å². The number of anilines is 2. The second-order valence-corrected chi connectivity index (χ2v) is 5.09. The summed E-state index contributed by atoms with van der Waals surface area (Å²) in [6, 6.07) is 8.68. The van der Waals surface area contributed by atoms with Crippen LogP contribution in [0.1, 0.15) is 16.8 Å². The SMILES string of the molecule is CNc1c(CN2CCc3ccccc32)c(C)nn1C. The van der Waals surface area contributed by atoms with Crippen LogP contribution in [0.4, 0.5) is 11.5 Å². The van der Waals surface area contributed by atoms with Crippen LogP contribution in [-0.2, 0) is 20.0 Å². The maximum Gasteiger partial charge on any atom is 0.128 e. The van der Waals surface area contributed by atoms with Gasteiger partial charge in [-0.2, -0.15) is 5.10 Å². The molecule has 0 radical (unpaired) electrons. The number of nitrogens with zero attached hydrogens (tertiary/aromatic N) is 3. The van der Waals surface area contributed by atoms with Crippen molar-refractivity contribution in [3.63, 3.8) is 0 Å². The fourth-order valence-electron chi connectivity index (χ4n) is 2.97. The van der Waals surface area contributed by atoms with Crippen LogP contribution in [0.25, 0.3) is 0 Å². The average Bonchev–Trinajstić information content (AvgIpc) is 2.93. The summed E-state index contributed by atoms with van der Waals surface area (Å²) in [5.74, 6) is 1.11. The quantitative estimate of drug-likeness (QED) is 0.915. The smallest absolute Gasteiger partial charge is 0.128 e. The number of aromatic nitrogens is 2. The Kier molecular flexibility index (Phi) is 2.93. The molecule has 1 aromatic carbocycles. The summed E-state index contributed by atoms with van der Waals surface area (Å²) in [7, 11) is 3.94. The molecule has 2 heterocycles. The minimum atomic E-state index is 0.923. The normalized spacial score (nSPS) is 13.7. The van der Waals surface area contributed by atoms with Crippen LogP contribution in [0.5, 0.6) is 0 Å². The van der Waals surface area contributed by atoms with E-state index in [9.17, 15) is 0 Å². The zero-order chi connectivity index (χ0) is 13.4. The van der Waals surface area contributed by atoms with E-state index in [1.54, 1.807) is 0 Å². The number of benzene rings is 1. The molecule has 0 fully saturated rings. The number of rotatable bonds is 3. The predicted octanol–water partition coefficient (Wildman–Crippen LogP) is 2.33. The highest BCUT2D eigenvalue weighted by molar-refractivity contribution is 5.59. The maximum atomic E-state index is 4.51. The lowest BCUT2D eigenvalue weighted by Crippen LogP contribution is -2.20. The molecule has 0 saturated heterocycles. The van der Waals surface area contributed by atoms with Crippen molar-refractivity contribution in [2.24, 2.45) is 7.05 Å². The molecule has 0 bridgehead atoms. The first-order valence-electron chi connectivity index (χ1n) is 6.73. The van der Waals surface area contributed by atoms with E-state index in [-0.39, 0.29) is 0 Å². The third kappa shape index (κ3) is 1.97. The average molecular weight is 256 g/mol. The number of fused-ring (bicyclic) bond motifs is 1. The summed E-state index contributed by atoms with van der Waals surface area (Å²) in [6.07, 6.45) is 1.14. The topological polar surface area (TPSA) is 33.1 Å². The molecule has 1 aliphatic heterocycles. The van der Waals surface area contributed by atoms with Gasteiger partial charge >= 0.3 is 0 Å². The first-order valence-corrected chi connectivity index (χ1v) is 6.73. The molecule has 0 amide bonds. The van der Waals surface area contributed by atoms with E-state index in [1.807, 2.05) is 18.8 Å². The molecule has 3 rings (SSSR count). The molecule has 4 nitrogen and oxygen atoms in total. The highest BCUT2D eigenvalue weighted by Gasteiger charge is 2.21. The van der Waals surface area contributed by atoms with Crippen LogP contribution in [0.15, 0.2) is 24.3 Å². The summed E-state index contributed by atoms with van der Waals surface area (Å²) in [6.45, 7) is 4.10. The van der Waals surface area contributed by atoms with Crippen molar-refractivity contribution in [1.82, 2.24) is 9.78 Å². The van der Waals surface area contributed by atoms with Crippen LogP contribution in [0.3, 0.4) is 0 Å². The van der Waals surface area contributed by atoms with Crippen molar-refractivity contribution in [1.29, 1.82) is 0 Å². The Morgan fingerprint density at radius 3 is 2.89 bits per heavy atom. The van der Waals surface area contributed by atoms with E-state index < -0.39 is 0 Å². The van der Waals surface area contributed by atoms with Crippen molar-refractivity contribution in [3.05, 3.63) is 41.1 Å². The molecular weight excluding hydrogens is 236 g/mol. The molecule has 19 heavy (non-hydrogen) atoms. The Labute approximate surface area is 114 Å². The van der Waals surface area contributed by atoms with Gasteiger partial charge in [0, 0.05) is 38.4 Å². The molecule has 1 aliphatic rings. The van der Waals surface area contributed by atoms with E-state index >= 15 is 0 Å². The lowest BCUT2D eigenvalue weighted by atomic mass is 10.2. The molecule has 4 heteroatoms. The Bertz CT molecular complexity index is 600. The van der Waals surface area contributed by atoms with Crippen LogP contribution >= 0.6 is 0 Å². The minimum absolute atomic E-state index is 0.923. The molecule has 0 unspecified atom stereocenters. The molecular formula is C15H20N4. The van der Waals surface area contributed by atoms with Crippen molar-refractivity contribution in [2.75, 3.05) is 23.8 Å². The second-order valence-electron chi connectivity index (χ2n) is 5.09. The molecule has 1 aromatic heterocycles. The maximum absolute atomic E-state index is 4.51. The number of nitrogens with one attached hydrogen (secondary N) is 1. The predicted molar refractivity (Wildman–Crippen MR) is 78.7 cm³/mol. The summed E-state index contributed by atoms with van der Waals surface area (Å²) in [5, 5.41) is 7.76. The number of hydrogen-bond donors (Lipinski definition) is 1. The Hall–Kier alpha value is -1.97. The van der Waals surface area contributed by atoms with Crippen LogP contribution in [0.2, 0.25) is 0 Å². The zero-order valence-corrected chi connectivity index (χ0v) is 11.8. The van der Waals surface area contributed by atoms with Gasteiger partial charge in [0.05, 0.1) is 5.69 Å². The van der Waals surface area contributed by atoms with Gasteiger partial charge in [-0.05, 0) is 25.0 Å². The highest BCUT2D eigenvalue weighted by Crippen LogP contribution is 2.30. The first kappa shape index (κ1) is 12.1. The molecule has 2 aromatic rings. The Balaban J connectivity index is 1.91. The number of para-hydroxylation sites is 1. The monoisotopic (exact) mass is 256 g/mol. The van der Waals surface area contributed by atoms with Gasteiger partial charge in [0.15, 0.2) is 0 Å². The molecule has 0 saturated carbocycles. The standard InChI is InChI=1S/C15H20N4/c1-11-13(15(16-2)18(3)17-11)10-19-9-8-12-6-4-5-7-14(12)19/h4-7,16H,8-10H2,1-3H3. The summed E-state index contributed by atoms with van der Waals surface area (Å²) >= 11 is 0. The first-order chi connectivity index (χ1) is 9.20. The van der Waals surface area contributed by atoms with Gasteiger partial charge in [-0.25, -0.2) is 0 Å². The fraction of sp³-hybridized carbons (Fsp3) is 0.400. The van der Waals surface area contributed by atoms with E-state index in [0.717, 1.165) is 31.0 Å². The van der Waals surface area contributed by atoms with Gasteiger partial charge in [-0.3, -0.25) is 4.68 Å². The molecule has 0 atom stereocenters. The van der Waals surface area contributed by atoms with Gasteiger partial charge in [0.2, 0.25) is 0 Å². The lowest BCUT2D eigenvalue weighted by Gasteiger charge is -2.20. The van der Waals surface area contributed by atoms with Gasteiger partial charge in [-0.15, -0.1) is 0 Å². The molecule has 0 spiro atoms. The van der Waals surface area contributed by atoms with E-state index in [1.165, 1.54) is 16.8 Å². The summed E-state index contributed by atoms with van der Waals surface area (Å²) < 4.78 is 1.92. The van der Waals surface area contributed by atoms with Crippen LogP contribution in [0, 0.1) is 6.92 Å². The molecule has 0 aliphatic carbocycles. The fourth-order valence-corrected chi connectivity index (χ4v) is 2.97. The van der Waals surface area contributed by atoms with Crippen molar-refractivity contribution in [2.45, 2.75) is 19.9 Å². The van der Waals surface area contributed by atoms with E-state index in [0.29, 0.717) is 0 Å². The number of hydrogen-bond acceptors (Lipinski definition) is 3. The third-order valence-electron chi connectivity index (χ3n) is 3.92. The summed E-state index contributed by atoms with van der Waals surface area (Å²) in [4.78, 5) is 2.44. The van der Waals surface area contributed by atoms with Crippen molar-refractivity contribution < 1.29 is 0 Å². The molecule has 1 N–H and O–H groups in total. The van der Waals surface area contributed by atoms with Crippen LogP contribution in [-0.4, -0.2) is 23.4 Å². The van der Waals surface area contributed by atoms with Gasteiger partial charge in [0.25, 0.3) is 0 Å². The van der Waals surface area contributed by atoms with Gasteiger partial charge < -0.3 is 10.2 Å². The zero-order valence-electron chi connectivity index (χ0n) is 11.8. The van der Waals surface area contributed by atoms with Crippen molar-refractivity contribution in [3.8, 4) is 0 Å². The lowest BCUT2D eigenvalue weighted by molar-refractivity contribution is 0.763. The molecule has 100 valence electrons. The second kappa shape index (κ2) is 4.61. The third-order valence-corrected chi connectivity index (χ3v) is 3.92.